The molecule has 2 aromatic carbocycles. The molecule has 0 N–H and O–H groups in total. The fraction of sp³-hybridized carbons (Fsp3) is 0.435. The first-order valence-electron chi connectivity index (χ1n) is 10.00. The van der Waals surface area contributed by atoms with E-state index in [1.54, 1.807) is 7.11 Å². The van der Waals surface area contributed by atoms with Crippen LogP contribution in [0.3, 0.4) is 0 Å². The Labute approximate surface area is 173 Å². The minimum atomic E-state index is 0.394. The third-order valence-corrected chi connectivity index (χ3v) is 4.56. The summed E-state index contributed by atoms with van der Waals surface area (Å²) in [7, 11) is 5.73. The van der Waals surface area contributed by atoms with Crippen molar-refractivity contribution < 1.29 is 14.2 Å². The monoisotopic (exact) mass is 397 g/mol. The maximum Gasteiger partial charge on any atom is 0.148 e. The summed E-state index contributed by atoms with van der Waals surface area (Å²) in [6.45, 7) is 7.21. The SMILES string of the molecule is COc1cccc(OCc2nc3ccc(OCCN(C)C)cc3n2CC(C)C)c1. The van der Waals surface area contributed by atoms with Crippen LogP contribution < -0.4 is 14.2 Å². The van der Waals surface area contributed by atoms with Gasteiger partial charge in [0, 0.05) is 25.2 Å². The van der Waals surface area contributed by atoms with E-state index in [-0.39, 0.29) is 0 Å². The summed E-state index contributed by atoms with van der Waals surface area (Å²) < 4.78 is 19.4. The van der Waals surface area contributed by atoms with Crippen LogP contribution in [0.2, 0.25) is 0 Å². The Morgan fingerprint density at radius 3 is 2.48 bits per heavy atom. The molecule has 6 nitrogen and oxygen atoms in total. The van der Waals surface area contributed by atoms with Gasteiger partial charge in [-0.3, -0.25) is 0 Å². The van der Waals surface area contributed by atoms with Crippen molar-refractivity contribution in [1.82, 2.24) is 14.5 Å². The lowest BCUT2D eigenvalue weighted by molar-refractivity contribution is 0.261. The Kier molecular flexibility index (Phi) is 6.99. The summed E-state index contributed by atoms with van der Waals surface area (Å²) in [5.74, 6) is 3.80. The molecule has 0 atom stereocenters. The third-order valence-electron chi connectivity index (χ3n) is 4.56. The van der Waals surface area contributed by atoms with E-state index in [4.69, 9.17) is 19.2 Å². The molecule has 0 aliphatic carbocycles. The Balaban J connectivity index is 1.83. The van der Waals surface area contributed by atoms with Crippen molar-refractivity contribution >= 4 is 11.0 Å². The normalized spacial score (nSPS) is 11.4. The van der Waals surface area contributed by atoms with E-state index >= 15 is 0 Å². The van der Waals surface area contributed by atoms with Crippen molar-refractivity contribution in [1.29, 1.82) is 0 Å². The molecule has 0 fully saturated rings. The number of ether oxygens (including phenoxy) is 3. The van der Waals surface area contributed by atoms with Gasteiger partial charge in [0.15, 0.2) is 0 Å². The first-order valence-corrected chi connectivity index (χ1v) is 10.00. The summed E-state index contributed by atoms with van der Waals surface area (Å²) in [5.41, 5.74) is 2.03. The molecule has 0 aliphatic heterocycles. The quantitative estimate of drug-likeness (QED) is 0.513. The van der Waals surface area contributed by atoms with Gasteiger partial charge in [0.25, 0.3) is 0 Å². The van der Waals surface area contributed by atoms with E-state index in [1.807, 2.05) is 50.5 Å². The van der Waals surface area contributed by atoms with Crippen LogP contribution >= 0.6 is 0 Å². The highest BCUT2D eigenvalue weighted by Gasteiger charge is 2.14. The summed E-state index contributed by atoms with van der Waals surface area (Å²) in [5, 5.41) is 0. The van der Waals surface area contributed by atoms with Gasteiger partial charge in [0.05, 0.1) is 18.1 Å². The number of nitrogens with zero attached hydrogens (tertiary/aromatic N) is 3. The highest BCUT2D eigenvalue weighted by molar-refractivity contribution is 5.77. The summed E-state index contributed by atoms with van der Waals surface area (Å²) in [4.78, 5) is 6.92. The molecule has 0 radical (unpaired) electrons. The van der Waals surface area contributed by atoms with Crippen LogP contribution in [0.5, 0.6) is 17.2 Å². The maximum atomic E-state index is 6.01. The molecule has 3 aromatic rings. The van der Waals surface area contributed by atoms with Crippen molar-refractivity contribution in [2.24, 2.45) is 5.92 Å². The van der Waals surface area contributed by atoms with Crippen LogP contribution in [0.25, 0.3) is 11.0 Å². The third kappa shape index (κ3) is 5.64. The molecule has 0 aliphatic rings. The molecule has 1 heterocycles. The van der Waals surface area contributed by atoms with Crippen molar-refractivity contribution in [3.8, 4) is 17.2 Å². The highest BCUT2D eigenvalue weighted by Crippen LogP contribution is 2.25. The topological polar surface area (TPSA) is 48.8 Å². The minimum Gasteiger partial charge on any atom is -0.497 e. The van der Waals surface area contributed by atoms with Crippen molar-refractivity contribution in [2.45, 2.75) is 27.0 Å². The number of aromatic nitrogens is 2. The van der Waals surface area contributed by atoms with Gasteiger partial charge in [-0.1, -0.05) is 19.9 Å². The van der Waals surface area contributed by atoms with Crippen molar-refractivity contribution in [3.05, 3.63) is 48.3 Å². The second kappa shape index (κ2) is 9.65. The molecule has 0 amide bonds. The molecule has 29 heavy (non-hydrogen) atoms. The van der Waals surface area contributed by atoms with E-state index in [2.05, 4.69) is 29.4 Å². The average molecular weight is 398 g/mol. The molecule has 6 heteroatoms. The standard InChI is InChI=1S/C23H31N3O3/c1-17(2)15-26-22-14-20(28-12-11-25(3)4)9-10-21(22)24-23(26)16-29-19-8-6-7-18(13-19)27-5/h6-10,13-14,17H,11-12,15-16H2,1-5H3. The van der Waals surface area contributed by atoms with E-state index in [1.165, 1.54) is 0 Å². The van der Waals surface area contributed by atoms with Gasteiger partial charge >= 0.3 is 0 Å². The van der Waals surface area contributed by atoms with Crippen LogP contribution in [0.1, 0.15) is 19.7 Å². The molecule has 0 unspecified atom stereocenters. The molecular weight excluding hydrogens is 366 g/mol. The molecule has 0 bridgehead atoms. The van der Waals surface area contributed by atoms with E-state index in [9.17, 15) is 0 Å². The number of fused-ring (bicyclic) bond motifs is 1. The molecule has 0 spiro atoms. The highest BCUT2D eigenvalue weighted by atomic mass is 16.5. The smallest absolute Gasteiger partial charge is 0.148 e. The predicted octanol–water partition coefficient (Wildman–Crippen LogP) is 4.22. The van der Waals surface area contributed by atoms with Crippen molar-refractivity contribution in [2.75, 3.05) is 34.4 Å². The molecule has 156 valence electrons. The number of hydrogen-bond acceptors (Lipinski definition) is 5. The molecular formula is C23H31N3O3. The molecule has 1 aromatic heterocycles. The number of benzene rings is 2. The van der Waals surface area contributed by atoms with Crippen LogP contribution in [-0.4, -0.2) is 48.8 Å². The lowest BCUT2D eigenvalue weighted by Crippen LogP contribution is -2.19. The summed E-state index contributed by atoms with van der Waals surface area (Å²) in [6, 6.07) is 13.7. The van der Waals surface area contributed by atoms with Crippen LogP contribution in [-0.2, 0) is 13.2 Å². The Morgan fingerprint density at radius 1 is 1.00 bits per heavy atom. The lowest BCUT2D eigenvalue weighted by atomic mass is 10.2. The lowest BCUT2D eigenvalue weighted by Gasteiger charge is -2.14. The van der Waals surface area contributed by atoms with Gasteiger partial charge in [-0.25, -0.2) is 4.98 Å². The zero-order valence-electron chi connectivity index (χ0n) is 18.0. The van der Waals surface area contributed by atoms with Crippen LogP contribution in [0.15, 0.2) is 42.5 Å². The van der Waals surface area contributed by atoms with E-state index in [0.717, 1.165) is 47.2 Å². The zero-order chi connectivity index (χ0) is 20.8. The number of rotatable bonds is 10. The second-order valence-electron chi connectivity index (χ2n) is 7.80. The van der Waals surface area contributed by atoms with E-state index in [0.29, 0.717) is 19.1 Å². The fourth-order valence-corrected chi connectivity index (χ4v) is 3.11. The summed E-state index contributed by atoms with van der Waals surface area (Å²) >= 11 is 0. The first kappa shape index (κ1) is 21.0. The maximum absolute atomic E-state index is 6.01. The average Bonchev–Trinajstić information content (AvgIpc) is 3.02. The predicted molar refractivity (Wildman–Crippen MR) is 116 cm³/mol. The number of methoxy groups -OCH3 is 1. The fourth-order valence-electron chi connectivity index (χ4n) is 3.11. The van der Waals surface area contributed by atoms with Gasteiger partial charge in [0.1, 0.15) is 36.3 Å². The van der Waals surface area contributed by atoms with Crippen LogP contribution in [0, 0.1) is 5.92 Å². The Bertz CT molecular complexity index is 934. The van der Waals surface area contributed by atoms with Crippen LogP contribution in [0.4, 0.5) is 0 Å². The van der Waals surface area contributed by atoms with Gasteiger partial charge in [-0.05, 0) is 44.3 Å². The minimum absolute atomic E-state index is 0.394. The first-order chi connectivity index (χ1) is 14.0. The largest absolute Gasteiger partial charge is 0.497 e. The Hall–Kier alpha value is -2.73. The van der Waals surface area contributed by atoms with E-state index < -0.39 is 0 Å². The molecule has 3 rings (SSSR count). The summed E-state index contributed by atoms with van der Waals surface area (Å²) in [6.07, 6.45) is 0. The number of hydrogen-bond donors (Lipinski definition) is 0. The van der Waals surface area contributed by atoms with Gasteiger partial charge in [-0.2, -0.15) is 0 Å². The van der Waals surface area contributed by atoms with Gasteiger partial charge in [0.2, 0.25) is 0 Å². The van der Waals surface area contributed by atoms with Gasteiger partial charge in [-0.15, -0.1) is 0 Å². The number of likely N-dealkylation sites (N-methyl/N-ethyl adjacent to an activating group) is 1. The zero-order valence-corrected chi connectivity index (χ0v) is 18.0. The van der Waals surface area contributed by atoms with Crippen molar-refractivity contribution in [3.63, 3.8) is 0 Å². The Morgan fingerprint density at radius 2 is 1.76 bits per heavy atom. The van der Waals surface area contributed by atoms with Gasteiger partial charge < -0.3 is 23.7 Å². The molecule has 0 saturated carbocycles. The number of imidazole rings is 1. The second-order valence-corrected chi connectivity index (χ2v) is 7.80. The molecule has 0 saturated heterocycles.